The van der Waals surface area contributed by atoms with Crippen LogP contribution in [0.3, 0.4) is 0 Å². The molecule has 4 rings (SSSR count). The average molecular weight is 412 g/mol. The Morgan fingerprint density at radius 2 is 2.07 bits per heavy atom. The number of carbonyl (C=O) groups is 2. The van der Waals surface area contributed by atoms with Crippen LogP contribution >= 0.6 is 0 Å². The summed E-state index contributed by atoms with van der Waals surface area (Å²) < 4.78 is 11.3. The highest BCUT2D eigenvalue weighted by atomic mass is 16.5. The molecule has 2 aromatic rings. The number of carbonyl (C=O) groups excluding carboxylic acids is 2. The van der Waals surface area contributed by atoms with Crippen LogP contribution in [0.5, 0.6) is 5.75 Å². The lowest BCUT2D eigenvalue weighted by Crippen LogP contribution is -2.58. The molecule has 1 N–H and O–H groups in total. The van der Waals surface area contributed by atoms with Gasteiger partial charge in [0, 0.05) is 19.6 Å². The molecule has 3 heterocycles. The van der Waals surface area contributed by atoms with E-state index in [1.165, 1.54) is 0 Å². The number of aryl methyl sites for hydroxylation is 2. The van der Waals surface area contributed by atoms with Crippen LogP contribution < -0.4 is 10.1 Å². The summed E-state index contributed by atoms with van der Waals surface area (Å²) in [4.78, 5) is 29.6. The number of fused-ring (bicyclic) bond motifs is 2. The number of anilines is 1. The minimum atomic E-state index is -0.0859. The van der Waals surface area contributed by atoms with E-state index in [1.807, 2.05) is 18.2 Å². The third-order valence-electron chi connectivity index (χ3n) is 5.86. The number of benzene rings is 1. The molecule has 1 fully saturated rings. The Bertz CT molecular complexity index is 949. The maximum atomic E-state index is 13.1. The van der Waals surface area contributed by atoms with Crippen LogP contribution in [0.4, 0.5) is 5.69 Å². The Hall–Kier alpha value is -2.87. The molecule has 2 aliphatic heterocycles. The van der Waals surface area contributed by atoms with Gasteiger partial charge in [-0.1, -0.05) is 25.1 Å². The van der Waals surface area contributed by atoms with Gasteiger partial charge in [0.15, 0.2) is 0 Å². The molecule has 0 saturated carbocycles. The number of aromatic nitrogens is 1. The van der Waals surface area contributed by atoms with Crippen molar-refractivity contribution >= 4 is 17.5 Å². The van der Waals surface area contributed by atoms with Crippen molar-refractivity contribution in [2.75, 3.05) is 38.1 Å². The van der Waals surface area contributed by atoms with E-state index in [4.69, 9.17) is 9.26 Å². The van der Waals surface area contributed by atoms with Crippen molar-refractivity contribution in [3.05, 3.63) is 40.8 Å². The molecule has 0 unspecified atom stereocenters. The third kappa shape index (κ3) is 3.92. The second-order valence-corrected chi connectivity index (χ2v) is 8.34. The van der Waals surface area contributed by atoms with Crippen molar-refractivity contribution in [3.8, 4) is 5.75 Å². The number of nitrogens with one attached hydrogen (secondary N) is 1. The molecule has 0 radical (unpaired) electrons. The van der Waals surface area contributed by atoms with E-state index in [-0.39, 0.29) is 24.4 Å². The van der Waals surface area contributed by atoms with Crippen LogP contribution in [0.2, 0.25) is 0 Å². The molecule has 2 amide bonds. The molecule has 1 aromatic heterocycles. The summed E-state index contributed by atoms with van der Waals surface area (Å²) in [6.07, 6.45) is 0. The maximum absolute atomic E-state index is 13.1. The largest absolute Gasteiger partial charge is 0.490 e. The number of hydrogen-bond acceptors (Lipinski definition) is 6. The molecule has 1 aromatic carbocycles. The maximum Gasteiger partial charge on any atom is 0.259 e. The molecule has 0 spiro atoms. The number of hydrogen-bond donors (Lipinski definition) is 1. The summed E-state index contributed by atoms with van der Waals surface area (Å²) >= 11 is 0. The van der Waals surface area contributed by atoms with Gasteiger partial charge in [-0.3, -0.25) is 14.5 Å². The molecule has 0 aliphatic carbocycles. The van der Waals surface area contributed by atoms with Crippen molar-refractivity contribution in [1.29, 1.82) is 0 Å². The van der Waals surface area contributed by atoms with Gasteiger partial charge in [-0.15, -0.1) is 0 Å². The topological polar surface area (TPSA) is 87.9 Å². The Balaban J connectivity index is 1.54. The number of nitrogens with zero attached hydrogens (tertiary/aromatic N) is 3. The zero-order valence-corrected chi connectivity index (χ0v) is 17.9. The molecule has 1 atom stereocenters. The highest BCUT2D eigenvalue weighted by Crippen LogP contribution is 2.30. The predicted molar refractivity (Wildman–Crippen MR) is 112 cm³/mol. The fraction of sp³-hybridized carbons (Fsp3) is 0.500. The zero-order valence-electron chi connectivity index (χ0n) is 17.9. The second-order valence-electron chi connectivity index (χ2n) is 8.34. The second kappa shape index (κ2) is 8.10. The lowest BCUT2D eigenvalue weighted by atomic mass is 10.0. The van der Waals surface area contributed by atoms with Gasteiger partial charge < -0.3 is 19.5 Å². The lowest BCUT2D eigenvalue weighted by Gasteiger charge is -2.40. The first-order chi connectivity index (χ1) is 14.3. The first kappa shape index (κ1) is 20.4. The standard InChI is InChI=1S/C22H28N4O4/c1-13(2)16-5-6-19-18(9-16)23-20(27)11-25-7-8-26(10-17(25)12-29-19)22(28)21-14(3)24-30-15(21)4/h5-6,9,13,17H,7-8,10-12H2,1-4H3,(H,23,27)/t17-/m0/s1. The first-order valence-electron chi connectivity index (χ1n) is 10.4. The highest BCUT2D eigenvalue weighted by molar-refractivity contribution is 5.96. The fourth-order valence-electron chi connectivity index (χ4n) is 4.08. The molecule has 0 bridgehead atoms. The molecule has 2 aliphatic rings. The Kier molecular flexibility index (Phi) is 5.51. The lowest BCUT2D eigenvalue weighted by molar-refractivity contribution is -0.118. The summed E-state index contributed by atoms with van der Waals surface area (Å²) in [7, 11) is 0. The van der Waals surface area contributed by atoms with E-state index >= 15 is 0 Å². The first-order valence-corrected chi connectivity index (χ1v) is 10.4. The Morgan fingerprint density at radius 1 is 1.27 bits per heavy atom. The number of amides is 2. The van der Waals surface area contributed by atoms with Crippen LogP contribution in [0.25, 0.3) is 0 Å². The normalized spacial score (nSPS) is 19.8. The fourth-order valence-corrected chi connectivity index (χ4v) is 4.08. The van der Waals surface area contributed by atoms with E-state index in [0.717, 1.165) is 5.56 Å². The smallest absolute Gasteiger partial charge is 0.259 e. The minimum Gasteiger partial charge on any atom is -0.490 e. The van der Waals surface area contributed by atoms with Crippen LogP contribution in [0.15, 0.2) is 22.7 Å². The zero-order chi connectivity index (χ0) is 21.4. The molecule has 8 heteroatoms. The minimum absolute atomic E-state index is 0.0712. The number of ether oxygens (including phenoxy) is 1. The van der Waals surface area contributed by atoms with Crippen molar-refractivity contribution in [2.45, 2.75) is 39.7 Å². The number of piperazine rings is 1. The van der Waals surface area contributed by atoms with E-state index in [9.17, 15) is 9.59 Å². The third-order valence-corrected chi connectivity index (χ3v) is 5.86. The monoisotopic (exact) mass is 412 g/mol. The number of rotatable bonds is 2. The SMILES string of the molecule is Cc1noc(C)c1C(=O)N1CCN2CC(=O)Nc3cc(C(C)C)ccc3OC[C@@H]2C1. The average Bonchev–Trinajstić information content (AvgIpc) is 3.07. The molecular weight excluding hydrogens is 384 g/mol. The van der Waals surface area contributed by atoms with Gasteiger partial charge in [0.25, 0.3) is 5.91 Å². The van der Waals surface area contributed by atoms with Crippen molar-refractivity contribution in [2.24, 2.45) is 0 Å². The van der Waals surface area contributed by atoms with E-state index < -0.39 is 0 Å². The van der Waals surface area contributed by atoms with E-state index in [2.05, 4.69) is 29.2 Å². The summed E-state index contributed by atoms with van der Waals surface area (Å²) in [5, 5.41) is 6.89. The van der Waals surface area contributed by atoms with Crippen LogP contribution in [0, 0.1) is 13.8 Å². The van der Waals surface area contributed by atoms with Crippen LogP contribution in [0.1, 0.15) is 47.1 Å². The van der Waals surface area contributed by atoms with E-state index in [1.54, 1.807) is 18.7 Å². The molecule has 8 nitrogen and oxygen atoms in total. The summed E-state index contributed by atoms with van der Waals surface area (Å²) in [5.41, 5.74) is 2.97. The predicted octanol–water partition coefficient (Wildman–Crippen LogP) is 2.57. The highest BCUT2D eigenvalue weighted by Gasteiger charge is 2.34. The quantitative estimate of drug-likeness (QED) is 0.816. The molecule has 160 valence electrons. The van der Waals surface area contributed by atoms with E-state index in [0.29, 0.717) is 60.6 Å². The van der Waals surface area contributed by atoms with Crippen LogP contribution in [-0.4, -0.2) is 65.6 Å². The molecule has 1 saturated heterocycles. The van der Waals surface area contributed by atoms with Gasteiger partial charge >= 0.3 is 0 Å². The van der Waals surface area contributed by atoms with Gasteiger partial charge in [0.2, 0.25) is 5.91 Å². The van der Waals surface area contributed by atoms with Gasteiger partial charge in [-0.25, -0.2) is 0 Å². The summed E-state index contributed by atoms with van der Waals surface area (Å²) in [5.74, 6) is 1.38. The summed E-state index contributed by atoms with van der Waals surface area (Å²) in [6.45, 7) is 10.0. The Morgan fingerprint density at radius 3 is 2.77 bits per heavy atom. The van der Waals surface area contributed by atoms with Crippen molar-refractivity contribution in [1.82, 2.24) is 15.0 Å². The molecular formula is C22H28N4O4. The van der Waals surface area contributed by atoms with Crippen LogP contribution in [-0.2, 0) is 4.79 Å². The van der Waals surface area contributed by atoms with Crippen molar-refractivity contribution in [3.63, 3.8) is 0 Å². The molecule has 30 heavy (non-hydrogen) atoms. The van der Waals surface area contributed by atoms with Gasteiger partial charge in [0.1, 0.15) is 23.7 Å². The Labute approximate surface area is 176 Å². The van der Waals surface area contributed by atoms with Gasteiger partial charge in [-0.2, -0.15) is 0 Å². The summed E-state index contributed by atoms with van der Waals surface area (Å²) in [6, 6.07) is 5.84. The van der Waals surface area contributed by atoms with Gasteiger partial charge in [0.05, 0.1) is 24.0 Å². The van der Waals surface area contributed by atoms with Crippen molar-refractivity contribution < 1.29 is 18.8 Å². The van der Waals surface area contributed by atoms with Gasteiger partial charge in [-0.05, 0) is 37.5 Å².